The van der Waals surface area contributed by atoms with E-state index in [1.54, 1.807) is 18.2 Å². The van der Waals surface area contributed by atoms with Crippen LogP contribution in [0.25, 0.3) is 22.2 Å². The van der Waals surface area contributed by atoms with Crippen LogP contribution in [0.1, 0.15) is 74.8 Å². The van der Waals surface area contributed by atoms with Crippen LogP contribution < -0.4 is 16.0 Å². The van der Waals surface area contributed by atoms with Crippen molar-refractivity contribution < 1.29 is 10.2 Å². The van der Waals surface area contributed by atoms with E-state index in [0.29, 0.717) is 38.3 Å². The smallest absolute Gasteiger partial charge is 0.129 e. The number of hydrogen-bond acceptors (Lipinski definition) is 7. The highest BCUT2D eigenvalue weighted by molar-refractivity contribution is 6.35. The van der Waals surface area contributed by atoms with E-state index >= 15 is 0 Å². The molecule has 0 radical (unpaired) electrons. The lowest BCUT2D eigenvalue weighted by molar-refractivity contribution is 0.438. The Hall–Kier alpha value is -4.27. The molecule has 1 unspecified atom stereocenters. The van der Waals surface area contributed by atoms with Crippen molar-refractivity contribution in [2.75, 3.05) is 10.4 Å². The normalized spacial score (nSPS) is 13.7. The number of aromatic nitrogens is 3. The molecule has 0 saturated heterocycles. The summed E-state index contributed by atoms with van der Waals surface area (Å²) in [6, 6.07) is 20.6. The molecule has 5 N–H and O–H groups in total. The third kappa shape index (κ3) is 5.26. The molecule has 222 valence electrons. The summed E-state index contributed by atoms with van der Waals surface area (Å²) in [5, 5.41) is 37.2. The maximum Gasteiger partial charge on any atom is 0.129 e. The van der Waals surface area contributed by atoms with Gasteiger partial charge in [0, 0.05) is 22.3 Å². The number of nitrogens with zero attached hydrogens (tertiary/aromatic N) is 3. The Morgan fingerprint density at radius 1 is 0.953 bits per heavy atom. The number of nitrogens with one attached hydrogen (secondary N) is 3. The first-order chi connectivity index (χ1) is 20.7. The molecule has 9 heteroatoms. The molecule has 1 aliphatic rings. The minimum Gasteiger partial charge on any atom is -0.508 e. The molecule has 8 nitrogen and oxygen atoms in total. The quantitative estimate of drug-likeness (QED) is 0.109. The van der Waals surface area contributed by atoms with Gasteiger partial charge in [-0.2, -0.15) is 15.4 Å². The second-order valence-corrected chi connectivity index (χ2v) is 12.4. The van der Waals surface area contributed by atoms with Gasteiger partial charge < -0.3 is 15.6 Å². The molecule has 0 fully saturated rings. The lowest BCUT2D eigenvalue weighted by atomic mass is 9.78. The number of aryl methyl sites for hydroxylation is 1. The highest BCUT2D eigenvalue weighted by Gasteiger charge is 2.35. The van der Waals surface area contributed by atoms with Crippen LogP contribution in [0.15, 0.2) is 66.7 Å². The van der Waals surface area contributed by atoms with Crippen LogP contribution in [-0.4, -0.2) is 25.6 Å². The van der Waals surface area contributed by atoms with E-state index in [4.69, 9.17) is 11.6 Å². The number of halogens is 1. The van der Waals surface area contributed by atoms with Gasteiger partial charge in [-0.3, -0.25) is 5.01 Å². The van der Waals surface area contributed by atoms with Crippen molar-refractivity contribution in [3.05, 3.63) is 94.0 Å². The number of hydrazine groups is 2. The number of phenols is 2. The van der Waals surface area contributed by atoms with Gasteiger partial charge in [0.2, 0.25) is 0 Å². The van der Waals surface area contributed by atoms with E-state index < -0.39 is 6.04 Å². The molecule has 0 aliphatic carbocycles. The topological polar surface area (TPSA) is 109 Å². The fourth-order valence-corrected chi connectivity index (χ4v) is 6.38. The van der Waals surface area contributed by atoms with Gasteiger partial charge in [0.15, 0.2) is 0 Å². The number of rotatable bonds is 9. The van der Waals surface area contributed by atoms with Crippen LogP contribution in [0.3, 0.4) is 0 Å². The van der Waals surface area contributed by atoms with E-state index in [0.717, 1.165) is 41.8 Å². The Morgan fingerprint density at radius 3 is 2.58 bits per heavy atom. The molecule has 5 aromatic rings. The molecule has 4 aromatic carbocycles. The van der Waals surface area contributed by atoms with Gasteiger partial charge in [-0.25, -0.2) is 0 Å². The molecule has 43 heavy (non-hydrogen) atoms. The number of benzene rings is 4. The second kappa shape index (κ2) is 11.4. The Labute approximate surface area is 256 Å². The third-order valence-electron chi connectivity index (χ3n) is 8.53. The summed E-state index contributed by atoms with van der Waals surface area (Å²) < 4.78 is 0. The van der Waals surface area contributed by atoms with Crippen molar-refractivity contribution in [3.8, 4) is 22.6 Å². The number of phenolic OH excluding ortho intramolecular Hbond substituents is 2. The largest absolute Gasteiger partial charge is 0.508 e. The van der Waals surface area contributed by atoms with Crippen molar-refractivity contribution in [1.29, 1.82) is 0 Å². The number of fused-ring (bicyclic) bond motifs is 2. The van der Waals surface area contributed by atoms with Gasteiger partial charge in [0.05, 0.1) is 16.4 Å². The third-order valence-corrected chi connectivity index (χ3v) is 8.84. The Bertz CT molecular complexity index is 1800. The number of unbranched alkanes of at least 4 members (excludes halogenated alkanes) is 2. The Balaban J connectivity index is 1.57. The molecular formula is C34H37ClN6O2. The van der Waals surface area contributed by atoms with Gasteiger partial charge in [-0.05, 0) is 78.4 Å². The van der Waals surface area contributed by atoms with E-state index in [2.05, 4.69) is 53.2 Å². The molecule has 1 aromatic heterocycles. The lowest BCUT2D eigenvalue weighted by Crippen LogP contribution is -2.40. The molecule has 1 atom stereocenters. The van der Waals surface area contributed by atoms with E-state index in [1.165, 1.54) is 6.42 Å². The number of hydrogen-bond donors (Lipinski definition) is 5. The average molecular weight is 597 g/mol. The number of para-hydroxylation sites is 2. The standard InChI is InChI=1S/C34H37ClN6O2/c1-5-6-9-16-34(3,4)21-12-15-29(42)22(19-21)32(41-28-11-8-7-10-26(28)37-40-41)24-18-20(2)17-23(33(24)43)30-25(35)13-14-27-31(30)38-39-36-27/h7-8,10-15,17-19,32,37,40,42-43H,5-6,9,16H2,1-4H3,(H,36,38,39). The van der Waals surface area contributed by atoms with Gasteiger partial charge in [-0.1, -0.05) is 69.8 Å². The Kier molecular flexibility index (Phi) is 7.66. The van der Waals surface area contributed by atoms with Crippen molar-refractivity contribution in [1.82, 2.24) is 20.9 Å². The summed E-state index contributed by atoms with van der Waals surface area (Å²) in [6.07, 6.45) is 4.50. The summed E-state index contributed by atoms with van der Waals surface area (Å²) in [5.41, 5.74) is 13.9. The zero-order chi connectivity index (χ0) is 30.3. The lowest BCUT2D eigenvalue weighted by Gasteiger charge is -2.33. The summed E-state index contributed by atoms with van der Waals surface area (Å²) in [5.74, 6) is 0.189. The zero-order valence-electron chi connectivity index (χ0n) is 24.9. The van der Waals surface area contributed by atoms with Gasteiger partial charge >= 0.3 is 0 Å². The SMILES string of the molecule is CCCCCC(C)(C)c1ccc(O)c(C(c2cc(C)cc(-c3c(Cl)ccc4n[nH]nc34)c2O)N2NNc3ccccc32)c1. The van der Waals surface area contributed by atoms with Crippen molar-refractivity contribution in [2.45, 2.75) is 64.8 Å². The number of H-pyrrole nitrogens is 1. The van der Waals surface area contributed by atoms with Gasteiger partial charge in [-0.15, -0.1) is 5.53 Å². The predicted octanol–water partition coefficient (Wildman–Crippen LogP) is 8.30. The fraction of sp³-hybridized carbons (Fsp3) is 0.294. The zero-order valence-corrected chi connectivity index (χ0v) is 25.6. The van der Waals surface area contributed by atoms with E-state index in [1.807, 2.05) is 54.4 Å². The summed E-state index contributed by atoms with van der Waals surface area (Å²) in [6.45, 7) is 8.70. The predicted molar refractivity (Wildman–Crippen MR) is 174 cm³/mol. The minimum absolute atomic E-state index is 0.0474. The van der Waals surface area contributed by atoms with E-state index in [9.17, 15) is 10.2 Å². The average Bonchev–Trinajstić information content (AvgIpc) is 3.63. The number of anilines is 2. The molecular weight excluding hydrogens is 560 g/mol. The first-order valence-electron chi connectivity index (χ1n) is 14.8. The maximum absolute atomic E-state index is 12.1. The van der Waals surface area contributed by atoms with Crippen molar-refractivity contribution >= 4 is 34.0 Å². The second-order valence-electron chi connectivity index (χ2n) is 12.0. The van der Waals surface area contributed by atoms with Crippen LogP contribution >= 0.6 is 11.6 Å². The monoisotopic (exact) mass is 596 g/mol. The van der Waals surface area contributed by atoms with Gasteiger partial charge in [0.1, 0.15) is 28.6 Å². The van der Waals surface area contributed by atoms with Crippen molar-refractivity contribution in [2.24, 2.45) is 0 Å². The number of aromatic hydroxyl groups is 2. The van der Waals surface area contributed by atoms with Crippen LogP contribution in [0.2, 0.25) is 5.02 Å². The number of aromatic amines is 1. The van der Waals surface area contributed by atoms with Crippen LogP contribution in [0, 0.1) is 6.92 Å². The molecule has 6 rings (SSSR count). The van der Waals surface area contributed by atoms with Crippen LogP contribution in [0.4, 0.5) is 11.4 Å². The molecule has 2 heterocycles. The molecule has 0 amide bonds. The summed E-state index contributed by atoms with van der Waals surface area (Å²) in [7, 11) is 0. The van der Waals surface area contributed by atoms with Crippen molar-refractivity contribution in [3.63, 3.8) is 0 Å². The van der Waals surface area contributed by atoms with E-state index in [-0.39, 0.29) is 16.9 Å². The molecule has 0 bridgehead atoms. The maximum atomic E-state index is 12.1. The fourth-order valence-electron chi connectivity index (χ4n) is 6.13. The molecule has 0 spiro atoms. The summed E-state index contributed by atoms with van der Waals surface area (Å²) >= 11 is 6.74. The van der Waals surface area contributed by atoms with Crippen LogP contribution in [0.5, 0.6) is 11.5 Å². The van der Waals surface area contributed by atoms with Crippen LogP contribution in [-0.2, 0) is 5.41 Å². The highest BCUT2D eigenvalue weighted by atomic mass is 35.5. The minimum atomic E-state index is -0.614. The first-order valence-corrected chi connectivity index (χ1v) is 15.1. The first kappa shape index (κ1) is 28.8. The highest BCUT2D eigenvalue weighted by Crippen LogP contribution is 2.48. The summed E-state index contributed by atoms with van der Waals surface area (Å²) in [4.78, 5) is 0. The molecule has 0 saturated carbocycles. The molecule has 1 aliphatic heterocycles. The van der Waals surface area contributed by atoms with Gasteiger partial charge in [0.25, 0.3) is 0 Å². The Morgan fingerprint density at radius 2 is 1.77 bits per heavy atom.